The van der Waals surface area contributed by atoms with Crippen LogP contribution in [0.2, 0.25) is 5.02 Å². The highest BCUT2D eigenvalue weighted by Crippen LogP contribution is 2.43. The van der Waals surface area contributed by atoms with Crippen LogP contribution in [0.1, 0.15) is 26.3 Å². The molecule has 0 radical (unpaired) electrons. The Labute approximate surface area is 237 Å². The van der Waals surface area contributed by atoms with Gasteiger partial charge in [-0.05, 0) is 73.1 Å². The van der Waals surface area contributed by atoms with E-state index in [4.69, 9.17) is 35.2 Å². The number of hydrogen-bond donors (Lipinski definition) is 0. The van der Waals surface area contributed by atoms with Crippen LogP contribution in [0.5, 0.6) is 17.2 Å². The first-order valence-electron chi connectivity index (χ1n) is 12.3. The lowest BCUT2D eigenvalue weighted by Gasteiger charge is -2.18. The molecular weight excluding hydrogens is 586 g/mol. The Hall–Kier alpha value is -3.82. The molecule has 0 saturated heterocycles. The summed E-state index contributed by atoms with van der Waals surface area (Å²) >= 11 is 10.2. The summed E-state index contributed by atoms with van der Waals surface area (Å²) in [5.74, 6) is 2.14. The third-order valence-corrected chi connectivity index (χ3v) is 7.28. The van der Waals surface area contributed by atoms with Gasteiger partial charge in [0.2, 0.25) is 5.82 Å². The van der Waals surface area contributed by atoms with E-state index in [9.17, 15) is 4.79 Å². The lowest BCUT2D eigenvalue weighted by Crippen LogP contribution is -2.20. The Balaban J connectivity index is 1.70. The fraction of sp³-hybridized carbons (Fsp3) is 0.207. The van der Waals surface area contributed by atoms with E-state index in [0.29, 0.717) is 61.2 Å². The van der Waals surface area contributed by atoms with Gasteiger partial charge in [0.05, 0.1) is 42.3 Å². The van der Waals surface area contributed by atoms with Crippen LogP contribution >= 0.6 is 27.5 Å². The number of furan rings is 1. The van der Waals surface area contributed by atoms with Crippen LogP contribution in [-0.2, 0) is 0 Å². The fourth-order valence-electron chi connectivity index (χ4n) is 4.14. The highest BCUT2D eigenvalue weighted by atomic mass is 79.9. The normalized spacial score (nSPS) is 11.7. The molecule has 5 aromatic rings. The van der Waals surface area contributed by atoms with Crippen LogP contribution in [0.15, 0.2) is 73.4 Å². The molecule has 10 heteroatoms. The van der Waals surface area contributed by atoms with E-state index in [1.807, 2.05) is 45.0 Å². The van der Waals surface area contributed by atoms with Crippen LogP contribution in [0, 0.1) is 0 Å². The molecule has 0 fully saturated rings. The minimum atomic E-state index is -0.355. The minimum Gasteiger partial charge on any atom is -0.496 e. The van der Waals surface area contributed by atoms with Crippen molar-refractivity contribution in [2.45, 2.75) is 26.9 Å². The number of hydrogen-bond acceptors (Lipinski definition) is 7. The van der Waals surface area contributed by atoms with Gasteiger partial charge in [-0.1, -0.05) is 29.8 Å². The number of para-hydroxylation sites is 1. The molecule has 8 nitrogen and oxygen atoms in total. The predicted molar refractivity (Wildman–Crippen MR) is 157 cm³/mol. The van der Waals surface area contributed by atoms with E-state index < -0.39 is 0 Å². The molecule has 200 valence electrons. The first kappa shape index (κ1) is 26.8. The molecule has 0 amide bonds. The first-order chi connectivity index (χ1) is 18.8. The molecule has 0 unspecified atom stereocenters. The van der Waals surface area contributed by atoms with Crippen LogP contribution in [0.4, 0.5) is 0 Å². The first-order valence-corrected chi connectivity index (χ1v) is 13.4. The second-order valence-corrected chi connectivity index (χ2v) is 9.99. The number of benzene rings is 3. The van der Waals surface area contributed by atoms with Crippen molar-refractivity contribution in [3.05, 3.63) is 80.0 Å². The number of fused-ring (bicyclic) bond motifs is 2. The largest absolute Gasteiger partial charge is 0.496 e. The SMILES string of the molecule is CCOc1cc(C=Nn2c(-c3cc4c(OC)cccc4o3)nc3ccccc3c2=O)c(Br)c(Cl)c1OC(C)C. The third-order valence-electron chi connectivity index (χ3n) is 5.84. The van der Waals surface area contributed by atoms with Gasteiger partial charge in [-0.25, -0.2) is 4.98 Å². The summed E-state index contributed by atoms with van der Waals surface area (Å²) < 4.78 is 25.0. The smallest absolute Gasteiger partial charge is 0.282 e. The molecule has 0 aliphatic rings. The number of nitrogens with zero attached hydrogens (tertiary/aromatic N) is 3. The van der Waals surface area contributed by atoms with Crippen molar-refractivity contribution < 1.29 is 18.6 Å². The Bertz CT molecular complexity index is 1780. The molecule has 0 bridgehead atoms. The van der Waals surface area contributed by atoms with E-state index in [1.165, 1.54) is 10.9 Å². The highest BCUT2D eigenvalue weighted by molar-refractivity contribution is 9.10. The van der Waals surface area contributed by atoms with Gasteiger partial charge >= 0.3 is 0 Å². The maximum Gasteiger partial charge on any atom is 0.282 e. The van der Waals surface area contributed by atoms with Gasteiger partial charge in [0.15, 0.2) is 17.3 Å². The molecule has 0 aliphatic heterocycles. The quantitative estimate of drug-likeness (QED) is 0.171. The monoisotopic (exact) mass is 609 g/mol. The van der Waals surface area contributed by atoms with Crippen LogP contribution in [0.25, 0.3) is 33.5 Å². The average Bonchev–Trinajstić information content (AvgIpc) is 3.37. The van der Waals surface area contributed by atoms with Gasteiger partial charge in [-0.15, -0.1) is 0 Å². The molecule has 0 saturated carbocycles. The van der Waals surface area contributed by atoms with Crippen molar-refractivity contribution in [3.8, 4) is 28.8 Å². The van der Waals surface area contributed by atoms with Gasteiger partial charge in [-0.3, -0.25) is 4.79 Å². The topological polar surface area (TPSA) is 88.1 Å². The Morgan fingerprint density at radius 3 is 2.67 bits per heavy atom. The summed E-state index contributed by atoms with van der Waals surface area (Å²) in [4.78, 5) is 18.4. The van der Waals surface area contributed by atoms with Gasteiger partial charge in [-0.2, -0.15) is 9.78 Å². The van der Waals surface area contributed by atoms with Crippen LogP contribution in [0.3, 0.4) is 0 Å². The minimum absolute atomic E-state index is 0.111. The third kappa shape index (κ3) is 5.12. The van der Waals surface area contributed by atoms with Crippen LogP contribution in [-0.4, -0.2) is 35.7 Å². The molecule has 0 spiro atoms. The number of aromatic nitrogens is 2. The summed E-state index contributed by atoms with van der Waals surface area (Å²) in [5, 5.41) is 6.06. The predicted octanol–water partition coefficient (Wildman–Crippen LogP) is 7.30. The second-order valence-electron chi connectivity index (χ2n) is 8.82. The van der Waals surface area contributed by atoms with Crippen molar-refractivity contribution >= 4 is 55.6 Å². The maximum atomic E-state index is 13.6. The zero-order valence-corrected chi connectivity index (χ0v) is 24.0. The molecule has 5 rings (SSSR count). The molecule has 2 heterocycles. The molecule has 3 aromatic carbocycles. The van der Waals surface area contributed by atoms with Crippen molar-refractivity contribution in [2.24, 2.45) is 5.10 Å². The van der Waals surface area contributed by atoms with Crippen molar-refractivity contribution in [1.82, 2.24) is 9.66 Å². The lowest BCUT2D eigenvalue weighted by atomic mass is 10.2. The van der Waals surface area contributed by atoms with E-state index in [2.05, 4.69) is 21.0 Å². The zero-order chi connectivity index (χ0) is 27.7. The van der Waals surface area contributed by atoms with Gasteiger partial charge in [0.25, 0.3) is 5.56 Å². The Kier molecular flexibility index (Phi) is 7.63. The summed E-state index contributed by atoms with van der Waals surface area (Å²) in [6.07, 6.45) is 1.41. The number of rotatable bonds is 8. The summed E-state index contributed by atoms with van der Waals surface area (Å²) in [5.41, 5.74) is 1.34. The highest BCUT2D eigenvalue weighted by Gasteiger charge is 2.20. The lowest BCUT2D eigenvalue weighted by molar-refractivity contribution is 0.224. The number of methoxy groups -OCH3 is 1. The summed E-state index contributed by atoms with van der Waals surface area (Å²) in [6, 6.07) is 16.1. The molecule has 0 atom stereocenters. The maximum absolute atomic E-state index is 13.6. The van der Waals surface area contributed by atoms with Gasteiger partial charge < -0.3 is 18.6 Å². The van der Waals surface area contributed by atoms with Crippen molar-refractivity contribution in [1.29, 1.82) is 0 Å². The zero-order valence-electron chi connectivity index (χ0n) is 21.7. The van der Waals surface area contributed by atoms with Crippen molar-refractivity contribution in [2.75, 3.05) is 13.7 Å². The molecule has 39 heavy (non-hydrogen) atoms. The standard InChI is InChI=1S/C29H25BrClN3O5/c1-5-37-23-13-17(25(30)26(31)27(23)38-16(2)3)15-32-34-28(33-20-10-7-6-9-18(20)29(34)35)24-14-19-21(36-4)11-8-12-22(19)39-24/h6-16H,5H2,1-4H3. The molecule has 0 aliphatic carbocycles. The second kappa shape index (κ2) is 11.1. The van der Waals surface area contributed by atoms with Gasteiger partial charge in [0.1, 0.15) is 16.4 Å². The molecular formula is C29H25BrClN3O5. The number of halogens is 2. The summed E-state index contributed by atoms with van der Waals surface area (Å²) in [7, 11) is 1.59. The van der Waals surface area contributed by atoms with Crippen molar-refractivity contribution in [3.63, 3.8) is 0 Å². The Morgan fingerprint density at radius 2 is 1.92 bits per heavy atom. The Morgan fingerprint density at radius 1 is 1.13 bits per heavy atom. The molecule has 0 N–H and O–H groups in total. The molecule has 2 aromatic heterocycles. The van der Waals surface area contributed by atoms with E-state index in [1.54, 1.807) is 37.4 Å². The fourth-order valence-corrected chi connectivity index (χ4v) is 4.78. The van der Waals surface area contributed by atoms with E-state index in [0.717, 1.165) is 5.39 Å². The van der Waals surface area contributed by atoms with Gasteiger partial charge in [0, 0.05) is 10.0 Å². The van der Waals surface area contributed by atoms with E-state index >= 15 is 0 Å². The average molecular weight is 611 g/mol. The van der Waals surface area contributed by atoms with E-state index in [-0.39, 0.29) is 17.5 Å². The van der Waals surface area contributed by atoms with Crippen LogP contribution < -0.4 is 19.8 Å². The number of ether oxygens (including phenoxy) is 3. The summed E-state index contributed by atoms with van der Waals surface area (Å²) in [6.45, 7) is 6.10.